The average molecular weight is 578 g/mol. The first-order valence-electron chi connectivity index (χ1n) is 10.7. The average Bonchev–Trinajstić information content (AvgIpc) is 3.33. The van der Waals surface area contributed by atoms with Gasteiger partial charge in [-0.1, -0.05) is 29.3 Å². The van der Waals surface area contributed by atoms with Crippen molar-refractivity contribution >= 4 is 56.2 Å². The van der Waals surface area contributed by atoms with Gasteiger partial charge in [0.1, 0.15) is 4.21 Å². The molecule has 1 amide bonds. The number of sulfonamides is 1. The highest BCUT2D eigenvalue weighted by atomic mass is 35.5. The van der Waals surface area contributed by atoms with Crippen LogP contribution in [0.25, 0.3) is 0 Å². The molecule has 4 rings (SSSR count). The van der Waals surface area contributed by atoms with Gasteiger partial charge in [-0.05, 0) is 48.5 Å². The molecule has 1 fully saturated rings. The number of benzene rings is 2. The minimum absolute atomic E-state index is 0.0927. The Balaban J connectivity index is 1.38. The van der Waals surface area contributed by atoms with Gasteiger partial charge in [-0.25, -0.2) is 8.42 Å². The van der Waals surface area contributed by atoms with Crippen LogP contribution in [0, 0.1) is 0 Å². The van der Waals surface area contributed by atoms with Crippen molar-refractivity contribution in [3.8, 4) is 0 Å². The first kappa shape index (κ1) is 26.7. The molecule has 1 aromatic heterocycles. The molecule has 0 saturated carbocycles. The zero-order valence-corrected chi connectivity index (χ0v) is 21.7. The molecule has 0 aliphatic carbocycles. The van der Waals surface area contributed by atoms with Crippen molar-refractivity contribution in [3.63, 3.8) is 0 Å². The van der Waals surface area contributed by atoms with Crippen molar-refractivity contribution in [3.05, 3.63) is 80.6 Å². The summed E-state index contributed by atoms with van der Waals surface area (Å²) in [5, 5.41) is 2.86. The van der Waals surface area contributed by atoms with Crippen molar-refractivity contribution in [1.82, 2.24) is 9.62 Å². The fraction of sp³-hybridized carbons (Fsp3) is 0.261. The first-order chi connectivity index (χ1) is 17.0. The van der Waals surface area contributed by atoms with E-state index in [-0.39, 0.29) is 48.5 Å². The van der Waals surface area contributed by atoms with E-state index >= 15 is 0 Å². The Hall–Kier alpha value is -2.31. The normalized spacial score (nSPS) is 15.2. The summed E-state index contributed by atoms with van der Waals surface area (Å²) >= 11 is 12.9. The van der Waals surface area contributed by atoms with Crippen molar-refractivity contribution < 1.29 is 26.4 Å². The standard InChI is InChI=1S/C23H20Cl2F3N3O3S2/c24-16-6-4-15(5-7-16)22(32)29-14-17-8-9-20(35-17)36(33,34)31-12-10-30(11-13-31)19-3-1-2-18(21(19)25)23(26,27)28/h1-9H,10-14H2,(H,29,32). The van der Waals surface area contributed by atoms with E-state index in [0.29, 0.717) is 15.5 Å². The van der Waals surface area contributed by atoms with Crippen LogP contribution in [0.1, 0.15) is 20.8 Å². The Kier molecular flexibility index (Phi) is 7.86. The number of hydrogen-bond donors (Lipinski definition) is 1. The van der Waals surface area contributed by atoms with Crippen LogP contribution in [-0.2, 0) is 22.7 Å². The highest BCUT2D eigenvalue weighted by Crippen LogP contribution is 2.40. The number of carbonyl (C=O) groups excluding carboxylic acids is 1. The lowest BCUT2D eigenvalue weighted by Gasteiger charge is -2.35. The topological polar surface area (TPSA) is 69.7 Å². The van der Waals surface area contributed by atoms with Gasteiger partial charge in [0, 0.05) is 41.6 Å². The Bertz CT molecular complexity index is 1350. The summed E-state index contributed by atoms with van der Waals surface area (Å²) in [5.41, 5.74) is -0.271. The molecule has 1 N–H and O–H groups in total. The molecule has 0 spiro atoms. The Morgan fingerprint density at radius 3 is 2.28 bits per heavy atom. The Labute approximate surface area is 220 Å². The number of thiophene rings is 1. The van der Waals surface area contributed by atoms with Crippen LogP contribution in [0.5, 0.6) is 0 Å². The fourth-order valence-electron chi connectivity index (χ4n) is 3.74. The van der Waals surface area contributed by atoms with Crippen molar-refractivity contribution in [2.45, 2.75) is 16.9 Å². The molecule has 0 atom stereocenters. The molecule has 1 aliphatic heterocycles. The van der Waals surface area contributed by atoms with Crippen LogP contribution in [-0.4, -0.2) is 44.8 Å². The largest absolute Gasteiger partial charge is 0.417 e. The quantitative estimate of drug-likeness (QED) is 0.419. The molecule has 1 aliphatic rings. The maximum Gasteiger partial charge on any atom is 0.417 e. The van der Waals surface area contributed by atoms with E-state index < -0.39 is 26.8 Å². The Morgan fingerprint density at radius 1 is 0.972 bits per heavy atom. The number of hydrogen-bond acceptors (Lipinski definition) is 5. The summed E-state index contributed by atoms with van der Waals surface area (Å²) in [6, 6.07) is 13.2. The molecular formula is C23H20Cl2F3N3O3S2. The lowest BCUT2D eigenvalue weighted by molar-refractivity contribution is -0.137. The van der Waals surface area contributed by atoms with Crippen LogP contribution in [0.4, 0.5) is 18.9 Å². The third-order valence-electron chi connectivity index (χ3n) is 5.62. The number of piperazine rings is 1. The van der Waals surface area contributed by atoms with E-state index in [4.69, 9.17) is 23.2 Å². The number of halogens is 5. The summed E-state index contributed by atoms with van der Waals surface area (Å²) in [7, 11) is -3.80. The van der Waals surface area contributed by atoms with Gasteiger partial charge in [-0.2, -0.15) is 17.5 Å². The molecule has 0 bridgehead atoms. The van der Waals surface area contributed by atoms with Gasteiger partial charge in [0.15, 0.2) is 0 Å². The summed E-state index contributed by atoms with van der Waals surface area (Å²) in [4.78, 5) is 14.6. The van der Waals surface area contributed by atoms with E-state index in [1.807, 2.05) is 0 Å². The van der Waals surface area contributed by atoms with Gasteiger partial charge < -0.3 is 10.2 Å². The van der Waals surface area contributed by atoms with E-state index in [1.165, 1.54) is 22.5 Å². The molecule has 2 heterocycles. The van der Waals surface area contributed by atoms with Gasteiger partial charge in [-0.15, -0.1) is 11.3 Å². The molecule has 36 heavy (non-hydrogen) atoms. The number of nitrogens with zero attached hydrogens (tertiary/aromatic N) is 2. The highest BCUT2D eigenvalue weighted by Gasteiger charge is 2.36. The van der Waals surface area contributed by atoms with Crippen LogP contribution in [0.3, 0.4) is 0 Å². The first-order valence-corrected chi connectivity index (χ1v) is 13.7. The number of nitrogens with one attached hydrogen (secondary N) is 1. The predicted octanol–water partition coefficient (Wildman–Crippen LogP) is 5.51. The van der Waals surface area contributed by atoms with Crippen molar-refractivity contribution in [2.24, 2.45) is 0 Å². The van der Waals surface area contributed by atoms with Crippen LogP contribution in [0.2, 0.25) is 10.0 Å². The van der Waals surface area contributed by atoms with Crippen LogP contribution >= 0.6 is 34.5 Å². The summed E-state index contributed by atoms with van der Waals surface area (Å²) < 4.78 is 67.2. The summed E-state index contributed by atoms with van der Waals surface area (Å²) in [6.45, 7) is 0.722. The second-order valence-corrected chi connectivity index (χ2v) is 12.1. The van der Waals surface area contributed by atoms with E-state index in [2.05, 4.69) is 5.32 Å². The number of anilines is 1. The van der Waals surface area contributed by atoms with Crippen LogP contribution in [0.15, 0.2) is 58.8 Å². The second kappa shape index (κ2) is 10.6. The minimum Gasteiger partial charge on any atom is -0.368 e. The predicted molar refractivity (Wildman–Crippen MR) is 134 cm³/mol. The number of carbonyl (C=O) groups is 1. The molecule has 3 aromatic rings. The smallest absolute Gasteiger partial charge is 0.368 e. The third kappa shape index (κ3) is 5.81. The van der Waals surface area contributed by atoms with E-state index in [9.17, 15) is 26.4 Å². The SMILES string of the molecule is O=C(NCc1ccc(S(=O)(=O)N2CCN(c3cccc(C(F)(F)F)c3Cl)CC2)s1)c1ccc(Cl)cc1. The van der Waals surface area contributed by atoms with E-state index in [0.717, 1.165) is 17.4 Å². The van der Waals surface area contributed by atoms with Gasteiger partial charge in [-0.3, -0.25) is 4.79 Å². The van der Waals surface area contributed by atoms with Crippen molar-refractivity contribution in [2.75, 3.05) is 31.1 Å². The van der Waals surface area contributed by atoms with Crippen LogP contribution < -0.4 is 10.2 Å². The van der Waals surface area contributed by atoms with Gasteiger partial charge >= 0.3 is 6.18 Å². The molecule has 2 aromatic carbocycles. The summed E-state index contributed by atoms with van der Waals surface area (Å²) in [6.07, 6.45) is -4.58. The van der Waals surface area contributed by atoms with E-state index in [1.54, 1.807) is 35.2 Å². The number of amides is 1. The zero-order valence-electron chi connectivity index (χ0n) is 18.6. The zero-order chi connectivity index (χ0) is 26.1. The lowest BCUT2D eigenvalue weighted by Crippen LogP contribution is -2.48. The molecule has 1 saturated heterocycles. The molecular weight excluding hydrogens is 558 g/mol. The molecule has 0 unspecified atom stereocenters. The minimum atomic E-state index is -4.58. The molecule has 6 nitrogen and oxygen atoms in total. The van der Waals surface area contributed by atoms with Gasteiger partial charge in [0.2, 0.25) is 0 Å². The maximum absolute atomic E-state index is 13.2. The maximum atomic E-state index is 13.2. The number of rotatable bonds is 6. The summed E-state index contributed by atoms with van der Waals surface area (Å²) in [5.74, 6) is -0.311. The Morgan fingerprint density at radius 2 is 1.64 bits per heavy atom. The second-order valence-electron chi connectivity index (χ2n) is 7.94. The fourth-order valence-corrected chi connectivity index (χ4v) is 7.09. The van der Waals surface area contributed by atoms with Crippen molar-refractivity contribution in [1.29, 1.82) is 0 Å². The monoisotopic (exact) mass is 577 g/mol. The molecule has 0 radical (unpaired) electrons. The molecule has 192 valence electrons. The highest BCUT2D eigenvalue weighted by molar-refractivity contribution is 7.91. The van der Waals surface area contributed by atoms with Gasteiger partial charge in [0.25, 0.3) is 15.9 Å². The number of alkyl halides is 3. The third-order valence-corrected chi connectivity index (χ3v) is 9.72. The molecule has 13 heteroatoms. The lowest BCUT2D eigenvalue weighted by atomic mass is 10.1. The van der Waals surface area contributed by atoms with Gasteiger partial charge in [0.05, 0.1) is 22.8 Å².